The maximum Gasteiger partial charge on any atom is 0.280 e. The van der Waals surface area contributed by atoms with E-state index in [1.54, 1.807) is 25.1 Å². The van der Waals surface area contributed by atoms with Crippen molar-refractivity contribution >= 4 is 17.1 Å². The van der Waals surface area contributed by atoms with E-state index in [0.29, 0.717) is 25.3 Å². The molecule has 5 rings (SSSR count). The molecule has 10 heteroatoms. The molecular weight excluding hydrogens is 330 g/mol. The van der Waals surface area contributed by atoms with Crippen LogP contribution in [0.2, 0.25) is 0 Å². The third-order valence-electron chi connectivity index (χ3n) is 5.74. The second kappa shape index (κ2) is 4.79. The number of nitrogens with one attached hydrogen (secondary N) is 1. The summed E-state index contributed by atoms with van der Waals surface area (Å²) in [7, 11) is 3.35. The Morgan fingerprint density at radius 3 is 3.12 bits per heavy atom. The number of anilines is 1. The molecule has 4 heterocycles. The Morgan fingerprint density at radius 1 is 1.52 bits per heavy atom. The molecule has 25 heavy (non-hydrogen) atoms. The number of aromatic nitrogens is 4. The summed E-state index contributed by atoms with van der Waals surface area (Å²) in [5, 5.41) is 0. The van der Waals surface area contributed by atoms with E-state index >= 15 is 0 Å². The fourth-order valence-electron chi connectivity index (χ4n) is 4.84. The molecule has 3 aliphatic rings. The molecule has 0 radical (unpaired) electrons. The van der Waals surface area contributed by atoms with Crippen molar-refractivity contribution in [2.24, 2.45) is 5.92 Å². The molecular formula is C15H19N5O5. The molecule has 2 saturated heterocycles. The Hall–Kier alpha value is -2.01. The first-order chi connectivity index (χ1) is 12.0. The molecule has 134 valence electrons. The smallest absolute Gasteiger partial charge is 0.280 e. The molecule has 2 aromatic heterocycles. The predicted octanol–water partition coefficient (Wildman–Crippen LogP) is -0.580. The van der Waals surface area contributed by atoms with Crippen LogP contribution in [-0.2, 0) is 18.9 Å². The maximum atomic E-state index is 12.0. The van der Waals surface area contributed by atoms with E-state index in [0.717, 1.165) is 0 Å². The largest absolute Gasteiger partial charge is 0.382 e. The minimum atomic E-state index is -0.474. The summed E-state index contributed by atoms with van der Waals surface area (Å²) in [4.78, 5) is 22.9. The maximum absolute atomic E-state index is 12.0. The highest BCUT2D eigenvalue weighted by molar-refractivity contribution is 5.70. The van der Waals surface area contributed by atoms with E-state index in [1.807, 2.05) is 0 Å². The van der Waals surface area contributed by atoms with E-state index in [1.165, 1.54) is 0 Å². The van der Waals surface area contributed by atoms with Gasteiger partial charge in [0.25, 0.3) is 5.56 Å². The van der Waals surface area contributed by atoms with Crippen LogP contribution in [0.1, 0.15) is 12.6 Å². The second-order valence-electron chi connectivity index (χ2n) is 6.98. The van der Waals surface area contributed by atoms with Gasteiger partial charge in [-0.1, -0.05) is 0 Å². The van der Waals surface area contributed by atoms with Crippen LogP contribution in [0, 0.1) is 5.92 Å². The molecule has 0 aromatic carbocycles. The third-order valence-corrected chi connectivity index (χ3v) is 5.74. The lowest BCUT2D eigenvalue weighted by Crippen LogP contribution is -2.67. The summed E-state index contributed by atoms with van der Waals surface area (Å²) in [6, 6.07) is 0. The highest BCUT2D eigenvalue weighted by Gasteiger charge is 2.77. The quantitative estimate of drug-likeness (QED) is 0.751. The number of rotatable bonds is 4. The summed E-state index contributed by atoms with van der Waals surface area (Å²) in [6.07, 6.45) is 1.53. The number of aromatic amines is 1. The Labute approximate surface area is 142 Å². The molecule has 3 unspecified atom stereocenters. The van der Waals surface area contributed by atoms with Gasteiger partial charge < -0.3 is 24.7 Å². The number of H-pyrrole nitrogens is 1. The third kappa shape index (κ3) is 1.74. The van der Waals surface area contributed by atoms with Crippen LogP contribution < -0.4 is 11.3 Å². The number of hydrogen-bond donors (Lipinski definition) is 2. The van der Waals surface area contributed by atoms with Gasteiger partial charge >= 0.3 is 0 Å². The van der Waals surface area contributed by atoms with E-state index in [9.17, 15) is 4.79 Å². The number of methoxy groups -OCH3 is 2. The molecule has 0 amide bonds. The van der Waals surface area contributed by atoms with Gasteiger partial charge in [0.2, 0.25) is 5.95 Å². The van der Waals surface area contributed by atoms with Gasteiger partial charge in [-0.2, -0.15) is 4.98 Å². The van der Waals surface area contributed by atoms with Crippen molar-refractivity contribution < 1.29 is 18.9 Å². The summed E-state index contributed by atoms with van der Waals surface area (Å²) in [5.41, 5.74) is 5.08. The summed E-state index contributed by atoms with van der Waals surface area (Å²) >= 11 is 0. The average molecular weight is 349 g/mol. The molecule has 3 N–H and O–H groups in total. The molecule has 2 aromatic rings. The lowest BCUT2D eigenvalue weighted by molar-refractivity contribution is -0.253. The van der Waals surface area contributed by atoms with Crippen molar-refractivity contribution in [1.29, 1.82) is 0 Å². The van der Waals surface area contributed by atoms with Gasteiger partial charge in [0.1, 0.15) is 17.3 Å². The van der Waals surface area contributed by atoms with Gasteiger partial charge in [0.05, 0.1) is 25.5 Å². The van der Waals surface area contributed by atoms with Gasteiger partial charge in [0, 0.05) is 20.6 Å². The SMILES string of the molecule is COC[C@]12CC3(OC)COC(C31)[C@H](n1cnc3c(=O)[nH]c(N)nc31)O2. The minimum Gasteiger partial charge on any atom is -0.382 e. The standard InChI is InChI=1S/C15H19N5O5/c1-22-4-15-3-14(23-2)5-24-8(9(14)15)12(25-15)20-6-17-7-10(20)18-13(16)19-11(7)21/h6,8-9,12H,3-5H2,1-2H3,(H3,16,18,19,21)/t8?,9?,12-,14?,15-/m1/s1. The lowest BCUT2D eigenvalue weighted by Gasteiger charge is -2.54. The first-order valence-electron chi connectivity index (χ1n) is 8.09. The van der Waals surface area contributed by atoms with Gasteiger partial charge in [-0.3, -0.25) is 14.3 Å². The van der Waals surface area contributed by atoms with Crippen LogP contribution in [0.25, 0.3) is 11.2 Å². The van der Waals surface area contributed by atoms with Crippen LogP contribution in [0.3, 0.4) is 0 Å². The van der Waals surface area contributed by atoms with Crippen LogP contribution in [-0.4, -0.2) is 64.3 Å². The topological polar surface area (TPSA) is 127 Å². The number of hydrogen-bond acceptors (Lipinski definition) is 8. The van der Waals surface area contributed by atoms with Crippen LogP contribution in [0.15, 0.2) is 11.1 Å². The molecule has 0 bridgehead atoms. The number of nitrogens with two attached hydrogens (primary N) is 1. The highest BCUT2D eigenvalue weighted by Crippen LogP contribution is 2.65. The number of fused-ring (bicyclic) bond motifs is 1. The molecule has 1 aliphatic carbocycles. The number of ether oxygens (including phenoxy) is 4. The number of nitrogen functional groups attached to an aromatic ring is 1. The van der Waals surface area contributed by atoms with Crippen LogP contribution in [0.4, 0.5) is 5.95 Å². The fraction of sp³-hybridized carbons (Fsp3) is 0.667. The highest BCUT2D eigenvalue weighted by atomic mass is 16.6. The first-order valence-corrected chi connectivity index (χ1v) is 8.09. The van der Waals surface area contributed by atoms with Crippen molar-refractivity contribution in [3.05, 3.63) is 16.7 Å². The van der Waals surface area contributed by atoms with Gasteiger partial charge in [-0.15, -0.1) is 0 Å². The summed E-state index contributed by atoms with van der Waals surface area (Å²) in [6.45, 7) is 0.953. The summed E-state index contributed by atoms with van der Waals surface area (Å²) in [5.74, 6) is 0.0807. The van der Waals surface area contributed by atoms with Crippen molar-refractivity contribution in [2.75, 3.05) is 33.2 Å². The van der Waals surface area contributed by atoms with E-state index in [-0.39, 0.29) is 34.6 Å². The zero-order chi connectivity index (χ0) is 17.4. The van der Waals surface area contributed by atoms with E-state index < -0.39 is 11.8 Å². The minimum absolute atomic E-state index is 0.0328. The van der Waals surface area contributed by atoms with Gasteiger partial charge in [0.15, 0.2) is 17.4 Å². The Bertz CT molecular complexity index is 911. The van der Waals surface area contributed by atoms with Crippen molar-refractivity contribution in [3.63, 3.8) is 0 Å². The monoisotopic (exact) mass is 349 g/mol. The van der Waals surface area contributed by atoms with E-state index in [2.05, 4.69) is 15.0 Å². The van der Waals surface area contributed by atoms with Gasteiger partial charge in [-0.25, -0.2) is 4.98 Å². The molecule has 10 nitrogen and oxygen atoms in total. The number of imidazole rings is 1. The number of nitrogens with zero attached hydrogens (tertiary/aromatic N) is 3. The molecule has 2 aliphatic heterocycles. The van der Waals surface area contributed by atoms with Crippen molar-refractivity contribution in [3.8, 4) is 0 Å². The zero-order valence-electron chi connectivity index (χ0n) is 13.9. The Morgan fingerprint density at radius 2 is 2.36 bits per heavy atom. The molecule has 0 spiro atoms. The van der Waals surface area contributed by atoms with Crippen molar-refractivity contribution in [1.82, 2.24) is 19.5 Å². The first kappa shape index (κ1) is 15.3. The Kier molecular flexibility index (Phi) is 2.92. The lowest BCUT2D eigenvalue weighted by atomic mass is 9.59. The van der Waals surface area contributed by atoms with Crippen LogP contribution >= 0.6 is 0 Å². The predicted molar refractivity (Wildman–Crippen MR) is 84.9 cm³/mol. The van der Waals surface area contributed by atoms with Gasteiger partial charge in [-0.05, 0) is 0 Å². The van der Waals surface area contributed by atoms with Crippen LogP contribution in [0.5, 0.6) is 0 Å². The summed E-state index contributed by atoms with van der Waals surface area (Å²) < 4.78 is 25.3. The fourth-order valence-corrected chi connectivity index (χ4v) is 4.84. The zero-order valence-corrected chi connectivity index (χ0v) is 13.9. The molecule has 3 fully saturated rings. The second-order valence-corrected chi connectivity index (χ2v) is 6.98. The molecule has 5 atom stereocenters. The normalized spacial score (nSPS) is 38.9. The Balaban J connectivity index is 1.61. The average Bonchev–Trinajstić information content (AvgIpc) is 3.17. The van der Waals surface area contributed by atoms with E-state index in [4.69, 9.17) is 24.7 Å². The van der Waals surface area contributed by atoms with Crippen molar-refractivity contribution in [2.45, 2.75) is 30.0 Å². The molecule has 1 saturated carbocycles.